The topological polar surface area (TPSA) is 55.1 Å². The number of thiocarbonyl (C=S) groups is 1. The molecule has 0 saturated carbocycles. The van der Waals surface area contributed by atoms with Gasteiger partial charge in [-0.1, -0.05) is 41.5 Å². The Hall–Kier alpha value is -0.840. The molecule has 1 aromatic rings. The highest BCUT2D eigenvalue weighted by molar-refractivity contribution is 7.80. The van der Waals surface area contributed by atoms with E-state index in [9.17, 15) is 4.79 Å². The lowest BCUT2D eigenvalue weighted by Crippen LogP contribution is -2.37. The third-order valence-electron chi connectivity index (χ3n) is 2.53. The molecular weight excluding hydrogens is 291 g/mol. The lowest BCUT2D eigenvalue weighted by Gasteiger charge is -2.11. The summed E-state index contributed by atoms with van der Waals surface area (Å²) in [6.45, 7) is 2.15. The summed E-state index contributed by atoms with van der Waals surface area (Å²) in [5.74, 6) is -0.631. The molecule has 0 aliphatic carbocycles. The van der Waals surface area contributed by atoms with E-state index >= 15 is 0 Å². The molecule has 0 aromatic heterocycles. The average molecular weight is 305 g/mol. The van der Waals surface area contributed by atoms with Crippen molar-refractivity contribution in [2.45, 2.75) is 13.3 Å². The molecule has 1 aromatic carbocycles. The molecule has 1 amide bonds. The molecule has 0 bridgehead atoms. The van der Waals surface area contributed by atoms with Gasteiger partial charge in [0.2, 0.25) is 5.91 Å². The molecule has 98 valence electrons. The lowest BCUT2D eigenvalue weighted by atomic mass is 10.1. The second-order valence-corrected chi connectivity index (χ2v) is 5.22. The van der Waals surface area contributed by atoms with Gasteiger partial charge in [-0.3, -0.25) is 4.79 Å². The second kappa shape index (κ2) is 6.92. The predicted octanol–water partition coefficient (Wildman–Crippen LogP) is 2.57. The highest BCUT2D eigenvalue weighted by atomic mass is 35.5. The van der Waals surface area contributed by atoms with E-state index in [0.29, 0.717) is 23.0 Å². The van der Waals surface area contributed by atoms with Crippen LogP contribution in [0.25, 0.3) is 0 Å². The number of rotatable bonds is 5. The fourth-order valence-corrected chi connectivity index (χ4v) is 1.94. The van der Waals surface area contributed by atoms with Gasteiger partial charge < -0.3 is 11.1 Å². The summed E-state index contributed by atoms with van der Waals surface area (Å²) in [6.07, 6.45) is 0.631. The first kappa shape index (κ1) is 15.2. The van der Waals surface area contributed by atoms with E-state index in [1.54, 1.807) is 19.1 Å². The Balaban J connectivity index is 2.47. The molecule has 0 fully saturated rings. The van der Waals surface area contributed by atoms with Crippen LogP contribution in [0.2, 0.25) is 10.0 Å². The number of amides is 1. The number of hydrogen-bond acceptors (Lipinski definition) is 2. The van der Waals surface area contributed by atoms with Gasteiger partial charge in [-0.05, 0) is 31.0 Å². The van der Waals surface area contributed by atoms with Crippen LogP contribution in [-0.2, 0) is 11.2 Å². The van der Waals surface area contributed by atoms with Gasteiger partial charge in [0.15, 0.2) is 0 Å². The van der Waals surface area contributed by atoms with E-state index in [4.69, 9.17) is 41.2 Å². The summed E-state index contributed by atoms with van der Waals surface area (Å²) in [7, 11) is 0. The number of benzene rings is 1. The highest BCUT2D eigenvalue weighted by Crippen LogP contribution is 2.21. The van der Waals surface area contributed by atoms with Crippen LogP contribution in [0.3, 0.4) is 0 Å². The van der Waals surface area contributed by atoms with Crippen molar-refractivity contribution in [3.63, 3.8) is 0 Å². The fraction of sp³-hybridized carbons (Fsp3) is 0.333. The zero-order valence-electron chi connectivity index (χ0n) is 9.87. The Morgan fingerprint density at radius 3 is 2.72 bits per heavy atom. The van der Waals surface area contributed by atoms with E-state index in [-0.39, 0.29) is 10.9 Å². The third kappa shape index (κ3) is 4.44. The van der Waals surface area contributed by atoms with Crippen molar-refractivity contribution in [3.8, 4) is 0 Å². The molecule has 0 radical (unpaired) electrons. The molecule has 18 heavy (non-hydrogen) atoms. The number of nitrogens with one attached hydrogen (secondary N) is 1. The zero-order valence-corrected chi connectivity index (χ0v) is 12.2. The summed E-state index contributed by atoms with van der Waals surface area (Å²) in [5.41, 5.74) is 6.33. The van der Waals surface area contributed by atoms with Crippen molar-refractivity contribution in [2.24, 2.45) is 11.7 Å². The van der Waals surface area contributed by atoms with Gasteiger partial charge in [-0.25, -0.2) is 0 Å². The summed E-state index contributed by atoms with van der Waals surface area (Å²) in [4.78, 5) is 11.8. The first-order chi connectivity index (χ1) is 8.41. The lowest BCUT2D eigenvalue weighted by molar-refractivity contribution is -0.122. The van der Waals surface area contributed by atoms with E-state index < -0.39 is 5.92 Å². The van der Waals surface area contributed by atoms with Crippen molar-refractivity contribution in [3.05, 3.63) is 33.8 Å². The molecule has 0 heterocycles. The number of halogens is 2. The summed E-state index contributed by atoms with van der Waals surface area (Å²) in [6, 6.07) is 5.29. The maximum atomic E-state index is 11.6. The minimum absolute atomic E-state index is 0.174. The van der Waals surface area contributed by atoms with Crippen LogP contribution in [0.4, 0.5) is 0 Å². The fourth-order valence-electron chi connectivity index (χ4n) is 1.33. The Morgan fingerprint density at radius 1 is 1.50 bits per heavy atom. The number of hydrogen-bond donors (Lipinski definition) is 2. The maximum absolute atomic E-state index is 11.6. The van der Waals surface area contributed by atoms with Crippen LogP contribution >= 0.6 is 35.4 Å². The second-order valence-electron chi connectivity index (χ2n) is 3.90. The maximum Gasteiger partial charge on any atom is 0.229 e. The number of nitrogens with two attached hydrogens (primary N) is 1. The Morgan fingerprint density at radius 2 is 2.17 bits per heavy atom. The molecule has 3 nitrogen and oxygen atoms in total. The molecule has 1 atom stereocenters. The standard InChI is InChI=1S/C12H14Cl2N2OS/c1-7(11(15)18)12(17)16-5-4-8-2-3-9(13)6-10(8)14/h2-3,6-7H,4-5H2,1H3,(H2,15,18)(H,16,17). The predicted molar refractivity (Wildman–Crippen MR) is 79.1 cm³/mol. The van der Waals surface area contributed by atoms with Crippen molar-refractivity contribution >= 4 is 46.3 Å². The van der Waals surface area contributed by atoms with Crippen LogP contribution < -0.4 is 11.1 Å². The smallest absolute Gasteiger partial charge is 0.229 e. The first-order valence-corrected chi connectivity index (χ1v) is 6.59. The van der Waals surface area contributed by atoms with Gasteiger partial charge in [-0.15, -0.1) is 0 Å². The van der Waals surface area contributed by atoms with Gasteiger partial charge in [0, 0.05) is 16.6 Å². The monoisotopic (exact) mass is 304 g/mol. The molecule has 0 spiro atoms. The van der Waals surface area contributed by atoms with Crippen LogP contribution in [0.5, 0.6) is 0 Å². The van der Waals surface area contributed by atoms with Gasteiger partial charge in [0.05, 0.1) is 10.9 Å². The molecule has 0 saturated heterocycles. The van der Waals surface area contributed by atoms with Crippen molar-refractivity contribution < 1.29 is 4.79 Å². The molecule has 1 unspecified atom stereocenters. The molecule has 0 aliphatic rings. The van der Waals surface area contributed by atoms with Gasteiger partial charge in [-0.2, -0.15) is 0 Å². The van der Waals surface area contributed by atoms with E-state index in [1.165, 1.54) is 0 Å². The largest absolute Gasteiger partial charge is 0.393 e. The van der Waals surface area contributed by atoms with Crippen LogP contribution in [0.1, 0.15) is 12.5 Å². The quantitative estimate of drug-likeness (QED) is 0.822. The number of carbonyl (C=O) groups is 1. The molecule has 0 aliphatic heterocycles. The summed E-state index contributed by atoms with van der Waals surface area (Å²) < 4.78 is 0. The molecular formula is C12H14Cl2N2OS. The average Bonchev–Trinajstić information content (AvgIpc) is 2.30. The van der Waals surface area contributed by atoms with Gasteiger partial charge >= 0.3 is 0 Å². The zero-order chi connectivity index (χ0) is 13.7. The van der Waals surface area contributed by atoms with Crippen molar-refractivity contribution in [1.82, 2.24) is 5.32 Å². The summed E-state index contributed by atoms with van der Waals surface area (Å²) >= 11 is 16.6. The van der Waals surface area contributed by atoms with Crippen LogP contribution in [-0.4, -0.2) is 17.4 Å². The van der Waals surface area contributed by atoms with E-state index in [2.05, 4.69) is 5.32 Å². The SMILES string of the molecule is CC(C(=O)NCCc1ccc(Cl)cc1Cl)C(N)=S. The minimum atomic E-state index is -0.458. The number of carbonyl (C=O) groups excluding carboxylic acids is 1. The van der Waals surface area contributed by atoms with Gasteiger partial charge in [0.25, 0.3) is 0 Å². The van der Waals surface area contributed by atoms with E-state index in [0.717, 1.165) is 5.56 Å². The Kier molecular flexibility index (Phi) is 5.85. The van der Waals surface area contributed by atoms with Crippen molar-refractivity contribution in [1.29, 1.82) is 0 Å². The van der Waals surface area contributed by atoms with Crippen molar-refractivity contribution in [2.75, 3.05) is 6.54 Å². The highest BCUT2D eigenvalue weighted by Gasteiger charge is 2.14. The first-order valence-electron chi connectivity index (χ1n) is 5.42. The molecule has 1 rings (SSSR count). The molecule has 3 N–H and O–H groups in total. The Labute approximate surface area is 122 Å². The van der Waals surface area contributed by atoms with Crippen LogP contribution in [0, 0.1) is 5.92 Å². The van der Waals surface area contributed by atoms with E-state index in [1.807, 2.05) is 6.07 Å². The normalized spacial score (nSPS) is 11.9. The minimum Gasteiger partial charge on any atom is -0.393 e. The van der Waals surface area contributed by atoms with Crippen LogP contribution in [0.15, 0.2) is 18.2 Å². The summed E-state index contributed by atoms with van der Waals surface area (Å²) in [5, 5.41) is 3.94. The Bertz CT molecular complexity index is 465. The third-order valence-corrected chi connectivity index (χ3v) is 3.47. The van der Waals surface area contributed by atoms with Gasteiger partial charge in [0.1, 0.15) is 0 Å². The molecule has 6 heteroatoms.